The molecule has 3 unspecified atom stereocenters. The first-order valence-electron chi connectivity index (χ1n) is 6.71. The fraction of sp³-hybridized carbons (Fsp3) is 0.467. The van der Waals surface area contributed by atoms with Crippen LogP contribution in [0.15, 0.2) is 30.3 Å². The highest BCUT2D eigenvalue weighted by Gasteiger charge is 2.30. The molecule has 0 aromatic heterocycles. The van der Waals surface area contributed by atoms with Gasteiger partial charge in [0.1, 0.15) is 0 Å². The first kappa shape index (κ1) is 13.6. The van der Waals surface area contributed by atoms with Gasteiger partial charge >= 0.3 is 0 Å². The zero-order valence-corrected chi connectivity index (χ0v) is 10.9. The Morgan fingerprint density at radius 2 is 2.16 bits per heavy atom. The maximum absolute atomic E-state index is 12.3. The van der Waals surface area contributed by atoms with E-state index in [2.05, 4.69) is 11.4 Å². The summed E-state index contributed by atoms with van der Waals surface area (Å²) >= 11 is 0. The molecule has 3 N–H and O–H groups in total. The van der Waals surface area contributed by atoms with Crippen molar-refractivity contribution < 1.29 is 4.79 Å². The lowest BCUT2D eigenvalue weighted by Gasteiger charge is -2.20. The normalized spacial score (nSPS) is 23.6. The van der Waals surface area contributed by atoms with Gasteiger partial charge in [0.05, 0.1) is 17.9 Å². The summed E-state index contributed by atoms with van der Waals surface area (Å²) in [6.45, 7) is 0.278. The number of hydrogen-bond acceptors (Lipinski definition) is 3. The van der Waals surface area contributed by atoms with Gasteiger partial charge < -0.3 is 11.1 Å². The lowest BCUT2D eigenvalue weighted by atomic mass is 9.97. The lowest BCUT2D eigenvalue weighted by molar-refractivity contribution is -0.123. The van der Waals surface area contributed by atoms with Gasteiger partial charge in [0, 0.05) is 12.6 Å². The maximum atomic E-state index is 12.3. The van der Waals surface area contributed by atoms with E-state index in [1.54, 1.807) is 0 Å². The van der Waals surface area contributed by atoms with Crippen LogP contribution in [-0.4, -0.2) is 18.5 Å². The van der Waals surface area contributed by atoms with E-state index >= 15 is 0 Å². The van der Waals surface area contributed by atoms with Crippen molar-refractivity contribution in [2.45, 2.75) is 31.2 Å². The number of nitrogens with zero attached hydrogens (tertiary/aromatic N) is 1. The summed E-state index contributed by atoms with van der Waals surface area (Å²) < 4.78 is 0. The van der Waals surface area contributed by atoms with E-state index in [1.165, 1.54) is 0 Å². The number of hydrogen-bond donors (Lipinski definition) is 2. The molecule has 0 spiro atoms. The molecule has 1 aliphatic carbocycles. The maximum Gasteiger partial charge on any atom is 0.229 e. The smallest absolute Gasteiger partial charge is 0.229 e. The minimum atomic E-state index is -0.332. The van der Waals surface area contributed by atoms with E-state index in [0.29, 0.717) is 0 Å². The van der Waals surface area contributed by atoms with Crippen LogP contribution in [0, 0.1) is 17.2 Å². The molecule has 0 radical (unpaired) electrons. The fourth-order valence-electron chi connectivity index (χ4n) is 2.65. The van der Waals surface area contributed by atoms with Crippen LogP contribution in [0.25, 0.3) is 0 Å². The van der Waals surface area contributed by atoms with Gasteiger partial charge in [0.25, 0.3) is 0 Å². The zero-order chi connectivity index (χ0) is 13.7. The zero-order valence-electron chi connectivity index (χ0n) is 10.9. The molecule has 3 atom stereocenters. The van der Waals surface area contributed by atoms with Crippen LogP contribution in [-0.2, 0) is 4.79 Å². The van der Waals surface area contributed by atoms with Gasteiger partial charge in [-0.2, -0.15) is 5.26 Å². The van der Waals surface area contributed by atoms with Crippen LogP contribution in [0.1, 0.15) is 30.7 Å². The number of carbonyl (C=O) groups is 1. The van der Waals surface area contributed by atoms with Crippen LogP contribution in [0.2, 0.25) is 0 Å². The molecular weight excluding hydrogens is 238 g/mol. The third-order valence-electron chi connectivity index (χ3n) is 3.76. The van der Waals surface area contributed by atoms with Gasteiger partial charge in [0.15, 0.2) is 0 Å². The number of carbonyl (C=O) groups excluding carboxylic acids is 1. The van der Waals surface area contributed by atoms with Gasteiger partial charge in [-0.05, 0) is 24.8 Å². The Kier molecular flexibility index (Phi) is 4.53. The number of benzene rings is 1. The minimum absolute atomic E-state index is 0.0183. The van der Waals surface area contributed by atoms with Crippen LogP contribution in [0.4, 0.5) is 0 Å². The monoisotopic (exact) mass is 257 g/mol. The van der Waals surface area contributed by atoms with Gasteiger partial charge in [-0.3, -0.25) is 4.79 Å². The van der Waals surface area contributed by atoms with Crippen molar-refractivity contribution >= 4 is 5.91 Å². The Morgan fingerprint density at radius 1 is 1.42 bits per heavy atom. The predicted molar refractivity (Wildman–Crippen MR) is 73.1 cm³/mol. The number of nitrogens with one attached hydrogen (secondary N) is 1. The first-order valence-corrected chi connectivity index (χ1v) is 6.71. The molecule has 19 heavy (non-hydrogen) atoms. The molecule has 0 bridgehead atoms. The number of amides is 1. The summed E-state index contributed by atoms with van der Waals surface area (Å²) in [6.07, 6.45) is 2.76. The Balaban J connectivity index is 2.04. The van der Waals surface area contributed by atoms with Gasteiger partial charge in [-0.25, -0.2) is 0 Å². The van der Waals surface area contributed by atoms with Gasteiger partial charge in [0.2, 0.25) is 5.91 Å². The second kappa shape index (κ2) is 6.35. The van der Waals surface area contributed by atoms with E-state index < -0.39 is 0 Å². The minimum Gasteiger partial charge on any atom is -0.351 e. The van der Waals surface area contributed by atoms with Crippen LogP contribution in [0.3, 0.4) is 0 Å². The van der Waals surface area contributed by atoms with Crippen LogP contribution >= 0.6 is 0 Å². The molecule has 1 saturated carbocycles. The number of nitrogens with two attached hydrogens (primary N) is 1. The molecular formula is C15H19N3O. The van der Waals surface area contributed by atoms with Crippen molar-refractivity contribution in [1.82, 2.24) is 5.32 Å². The fourth-order valence-corrected chi connectivity index (χ4v) is 2.65. The van der Waals surface area contributed by atoms with E-state index in [-0.39, 0.29) is 30.3 Å². The Labute approximate surface area is 113 Å². The highest BCUT2D eigenvalue weighted by Crippen LogP contribution is 2.25. The summed E-state index contributed by atoms with van der Waals surface area (Å²) in [4.78, 5) is 12.3. The highest BCUT2D eigenvalue weighted by molar-refractivity contribution is 5.84. The standard InChI is InChI=1S/C15H19N3O/c16-9-12-7-4-8-14(12)18-15(19)13(10-17)11-5-2-1-3-6-11/h1-3,5-6,12-14H,4,7-8,10,17H2,(H,18,19). The van der Waals surface area contributed by atoms with E-state index in [0.717, 1.165) is 24.8 Å². The van der Waals surface area contributed by atoms with Crippen molar-refractivity contribution in [2.24, 2.45) is 11.7 Å². The molecule has 100 valence electrons. The average Bonchev–Trinajstić information content (AvgIpc) is 2.88. The van der Waals surface area contributed by atoms with Gasteiger partial charge in [-0.15, -0.1) is 0 Å². The Bertz CT molecular complexity index is 466. The molecule has 0 aliphatic heterocycles. The Morgan fingerprint density at radius 3 is 2.79 bits per heavy atom. The summed E-state index contributed by atoms with van der Waals surface area (Å²) in [5, 5.41) is 12.0. The van der Waals surface area contributed by atoms with Crippen molar-refractivity contribution in [1.29, 1.82) is 5.26 Å². The average molecular weight is 257 g/mol. The molecule has 4 heteroatoms. The molecule has 1 aromatic rings. The highest BCUT2D eigenvalue weighted by atomic mass is 16.2. The van der Waals surface area contributed by atoms with E-state index in [9.17, 15) is 4.79 Å². The molecule has 4 nitrogen and oxygen atoms in total. The number of rotatable bonds is 4. The van der Waals surface area contributed by atoms with Crippen molar-refractivity contribution in [3.63, 3.8) is 0 Å². The van der Waals surface area contributed by atoms with E-state index in [4.69, 9.17) is 11.0 Å². The van der Waals surface area contributed by atoms with E-state index in [1.807, 2.05) is 30.3 Å². The Hall–Kier alpha value is -1.86. The van der Waals surface area contributed by atoms with Crippen molar-refractivity contribution in [3.8, 4) is 6.07 Å². The lowest BCUT2D eigenvalue weighted by Crippen LogP contribution is -2.41. The van der Waals surface area contributed by atoms with Crippen molar-refractivity contribution in [3.05, 3.63) is 35.9 Å². The second-order valence-corrected chi connectivity index (χ2v) is 4.98. The van der Waals surface area contributed by atoms with Crippen molar-refractivity contribution in [2.75, 3.05) is 6.54 Å². The summed E-state index contributed by atoms with van der Waals surface area (Å²) in [5.41, 5.74) is 6.65. The third-order valence-corrected chi connectivity index (χ3v) is 3.76. The molecule has 1 aliphatic rings. The second-order valence-electron chi connectivity index (χ2n) is 4.98. The topological polar surface area (TPSA) is 78.9 Å². The SMILES string of the molecule is N#CC1CCCC1NC(=O)C(CN)c1ccccc1. The molecule has 1 aromatic carbocycles. The largest absolute Gasteiger partial charge is 0.351 e. The third kappa shape index (κ3) is 3.12. The molecule has 1 amide bonds. The molecule has 1 fully saturated rings. The predicted octanol–water partition coefficient (Wildman–Crippen LogP) is 1.54. The number of nitriles is 1. The summed E-state index contributed by atoms with van der Waals surface area (Å²) in [7, 11) is 0. The summed E-state index contributed by atoms with van der Waals surface area (Å²) in [6, 6.07) is 11.8. The molecule has 0 saturated heterocycles. The molecule has 0 heterocycles. The van der Waals surface area contributed by atoms with Crippen LogP contribution in [0.5, 0.6) is 0 Å². The summed E-state index contributed by atoms with van der Waals surface area (Å²) in [5.74, 6) is -0.458. The quantitative estimate of drug-likeness (QED) is 0.858. The first-order chi connectivity index (χ1) is 9.26. The van der Waals surface area contributed by atoms with Gasteiger partial charge in [-0.1, -0.05) is 30.3 Å². The molecule has 2 rings (SSSR count). The van der Waals surface area contributed by atoms with Crippen LogP contribution < -0.4 is 11.1 Å².